The summed E-state index contributed by atoms with van der Waals surface area (Å²) in [4.78, 5) is 23.3. The molecule has 0 aromatic heterocycles. The monoisotopic (exact) mass is 327 g/mol. The van der Waals surface area contributed by atoms with E-state index >= 15 is 0 Å². The maximum absolute atomic E-state index is 12.3. The molecule has 124 valence electrons. The van der Waals surface area contributed by atoms with Crippen molar-refractivity contribution < 1.29 is 32.6 Å². The smallest absolute Gasteiger partial charge is 0.387 e. The van der Waals surface area contributed by atoms with Crippen LogP contribution in [0.4, 0.5) is 14.5 Å². The first-order valence-electron chi connectivity index (χ1n) is 6.46. The molecule has 0 saturated heterocycles. The van der Waals surface area contributed by atoms with Gasteiger partial charge in [-0.05, 0) is 18.2 Å². The standard InChI is InChI=1S/C15H15F2NO5/c1-3-7-22-8-6-13(19)18-10-4-5-12(23-15(16)17)11(9-10)14(20)21-2/h1,4-5,9,15H,6-8H2,2H3,(H,18,19). The molecule has 0 aliphatic rings. The number of carbonyl (C=O) groups is 2. The summed E-state index contributed by atoms with van der Waals surface area (Å²) in [5, 5.41) is 2.50. The summed E-state index contributed by atoms with van der Waals surface area (Å²) in [6.07, 6.45) is 5.04. The summed E-state index contributed by atoms with van der Waals surface area (Å²) in [6.45, 7) is -2.86. The van der Waals surface area contributed by atoms with Crippen molar-refractivity contribution in [3.8, 4) is 18.1 Å². The average Bonchev–Trinajstić information content (AvgIpc) is 2.51. The van der Waals surface area contributed by atoms with Crippen molar-refractivity contribution in [2.45, 2.75) is 13.0 Å². The Morgan fingerprint density at radius 1 is 1.39 bits per heavy atom. The topological polar surface area (TPSA) is 73.9 Å². The van der Waals surface area contributed by atoms with Crippen LogP contribution in [0.2, 0.25) is 0 Å². The molecule has 0 heterocycles. The zero-order chi connectivity index (χ0) is 17.2. The molecule has 1 amide bonds. The Labute approximate surface area is 131 Å². The van der Waals surface area contributed by atoms with E-state index in [2.05, 4.69) is 20.7 Å². The van der Waals surface area contributed by atoms with Crippen molar-refractivity contribution >= 4 is 17.6 Å². The van der Waals surface area contributed by atoms with Crippen molar-refractivity contribution in [2.24, 2.45) is 0 Å². The predicted molar refractivity (Wildman–Crippen MR) is 77.3 cm³/mol. The second kappa shape index (κ2) is 9.38. The van der Waals surface area contributed by atoms with Crippen molar-refractivity contribution in [2.75, 3.05) is 25.6 Å². The Balaban J connectivity index is 2.78. The highest BCUT2D eigenvalue weighted by Crippen LogP contribution is 2.25. The van der Waals surface area contributed by atoms with E-state index in [1.807, 2.05) is 0 Å². The molecule has 8 heteroatoms. The maximum Gasteiger partial charge on any atom is 0.387 e. The molecule has 0 atom stereocenters. The van der Waals surface area contributed by atoms with E-state index in [1.54, 1.807) is 0 Å². The molecule has 6 nitrogen and oxygen atoms in total. The summed E-state index contributed by atoms with van der Waals surface area (Å²) < 4.78 is 38.3. The van der Waals surface area contributed by atoms with E-state index in [0.29, 0.717) is 0 Å². The van der Waals surface area contributed by atoms with Crippen LogP contribution in [0.1, 0.15) is 16.8 Å². The number of anilines is 1. The molecular formula is C15H15F2NO5. The van der Waals surface area contributed by atoms with E-state index in [4.69, 9.17) is 11.2 Å². The number of alkyl halides is 2. The molecule has 1 aromatic rings. The minimum absolute atomic E-state index is 0.0462. The van der Waals surface area contributed by atoms with E-state index in [9.17, 15) is 18.4 Å². The fourth-order valence-electron chi connectivity index (χ4n) is 1.60. The molecule has 0 aliphatic heterocycles. The van der Waals surface area contributed by atoms with Gasteiger partial charge in [0.05, 0.1) is 20.1 Å². The molecule has 0 fully saturated rings. The highest BCUT2D eigenvalue weighted by Gasteiger charge is 2.17. The molecule has 0 radical (unpaired) electrons. The number of ether oxygens (including phenoxy) is 3. The van der Waals surface area contributed by atoms with Crippen molar-refractivity contribution in [1.29, 1.82) is 0 Å². The number of benzene rings is 1. The number of hydrogen-bond donors (Lipinski definition) is 1. The van der Waals surface area contributed by atoms with Gasteiger partial charge in [0.15, 0.2) is 0 Å². The van der Waals surface area contributed by atoms with Crippen LogP contribution in [0.25, 0.3) is 0 Å². The maximum atomic E-state index is 12.3. The fourth-order valence-corrected chi connectivity index (χ4v) is 1.60. The third-order valence-corrected chi connectivity index (χ3v) is 2.54. The van der Waals surface area contributed by atoms with Gasteiger partial charge in [-0.3, -0.25) is 4.79 Å². The van der Waals surface area contributed by atoms with Crippen LogP contribution in [-0.4, -0.2) is 38.8 Å². The lowest BCUT2D eigenvalue weighted by atomic mass is 10.1. The van der Waals surface area contributed by atoms with Gasteiger partial charge in [0, 0.05) is 5.69 Å². The third-order valence-electron chi connectivity index (χ3n) is 2.54. The Morgan fingerprint density at radius 3 is 2.74 bits per heavy atom. The summed E-state index contributed by atoms with van der Waals surface area (Å²) in [5.74, 6) is 0.658. The first-order valence-corrected chi connectivity index (χ1v) is 6.46. The third kappa shape index (κ3) is 6.32. The Kier molecular flexibility index (Phi) is 7.50. The second-order valence-corrected chi connectivity index (χ2v) is 4.14. The summed E-state index contributed by atoms with van der Waals surface area (Å²) in [6, 6.07) is 3.65. The van der Waals surface area contributed by atoms with Crippen molar-refractivity contribution in [1.82, 2.24) is 0 Å². The van der Waals surface area contributed by atoms with Crippen LogP contribution in [0.15, 0.2) is 18.2 Å². The summed E-state index contributed by atoms with van der Waals surface area (Å²) in [7, 11) is 1.10. The van der Waals surface area contributed by atoms with E-state index < -0.39 is 12.6 Å². The molecular weight excluding hydrogens is 312 g/mol. The molecule has 1 N–H and O–H groups in total. The lowest BCUT2D eigenvalue weighted by Gasteiger charge is -2.12. The SMILES string of the molecule is C#CCOCCC(=O)Nc1ccc(OC(F)F)c(C(=O)OC)c1. The first kappa shape index (κ1) is 18.4. The van der Waals surface area contributed by atoms with Crippen LogP contribution in [-0.2, 0) is 14.3 Å². The molecule has 0 aliphatic carbocycles. The zero-order valence-electron chi connectivity index (χ0n) is 12.3. The minimum Gasteiger partial charge on any atom is -0.465 e. The quantitative estimate of drug-likeness (QED) is 0.449. The van der Waals surface area contributed by atoms with Gasteiger partial charge in [-0.2, -0.15) is 8.78 Å². The fraction of sp³-hybridized carbons (Fsp3) is 0.333. The van der Waals surface area contributed by atoms with Crippen molar-refractivity contribution in [3.63, 3.8) is 0 Å². The molecule has 0 spiro atoms. The van der Waals surface area contributed by atoms with E-state index in [1.165, 1.54) is 12.1 Å². The molecule has 0 unspecified atom stereocenters. The minimum atomic E-state index is -3.09. The van der Waals surface area contributed by atoms with Gasteiger partial charge in [-0.25, -0.2) is 4.79 Å². The Morgan fingerprint density at radius 2 is 2.13 bits per heavy atom. The van der Waals surface area contributed by atoms with E-state index in [0.717, 1.165) is 13.2 Å². The number of terminal acetylenes is 1. The number of rotatable bonds is 8. The summed E-state index contributed by atoms with van der Waals surface area (Å²) in [5.41, 5.74) is 0.00291. The summed E-state index contributed by atoms with van der Waals surface area (Å²) >= 11 is 0. The lowest BCUT2D eigenvalue weighted by Crippen LogP contribution is -2.15. The second-order valence-electron chi connectivity index (χ2n) is 4.14. The number of esters is 1. The first-order chi connectivity index (χ1) is 11.0. The van der Waals surface area contributed by atoms with Gasteiger partial charge in [0.25, 0.3) is 0 Å². The highest BCUT2D eigenvalue weighted by molar-refractivity contribution is 5.96. The number of amides is 1. The average molecular weight is 327 g/mol. The number of halogens is 2. The normalized spacial score (nSPS) is 10.0. The van der Waals surface area contributed by atoms with Gasteiger partial charge >= 0.3 is 12.6 Å². The van der Waals surface area contributed by atoms with Gasteiger partial charge in [-0.1, -0.05) is 5.92 Å². The van der Waals surface area contributed by atoms with Crippen molar-refractivity contribution in [3.05, 3.63) is 23.8 Å². The van der Waals surface area contributed by atoms with Gasteiger partial charge < -0.3 is 19.5 Å². The van der Waals surface area contributed by atoms with Gasteiger partial charge in [0.2, 0.25) is 5.91 Å². The number of carbonyl (C=O) groups excluding carboxylic acids is 2. The molecule has 23 heavy (non-hydrogen) atoms. The molecule has 0 bridgehead atoms. The lowest BCUT2D eigenvalue weighted by molar-refractivity contribution is -0.117. The number of methoxy groups -OCH3 is 1. The highest BCUT2D eigenvalue weighted by atomic mass is 19.3. The van der Waals surface area contributed by atoms with Gasteiger partial charge in [-0.15, -0.1) is 6.42 Å². The predicted octanol–water partition coefficient (Wildman–Crippen LogP) is 2.05. The van der Waals surface area contributed by atoms with Crippen LogP contribution < -0.4 is 10.1 Å². The molecule has 0 saturated carbocycles. The molecule has 1 aromatic carbocycles. The Hall–Kier alpha value is -2.66. The van der Waals surface area contributed by atoms with Gasteiger partial charge in [0.1, 0.15) is 17.9 Å². The van der Waals surface area contributed by atoms with Crippen LogP contribution in [0.3, 0.4) is 0 Å². The van der Waals surface area contributed by atoms with Crippen LogP contribution >= 0.6 is 0 Å². The Bertz CT molecular complexity index is 598. The largest absolute Gasteiger partial charge is 0.465 e. The van der Waals surface area contributed by atoms with E-state index in [-0.39, 0.29) is 42.5 Å². The molecule has 1 rings (SSSR count). The van der Waals surface area contributed by atoms with Crippen LogP contribution in [0.5, 0.6) is 5.75 Å². The zero-order valence-corrected chi connectivity index (χ0v) is 12.3. The number of nitrogens with one attached hydrogen (secondary N) is 1. The number of hydrogen-bond acceptors (Lipinski definition) is 5. The van der Waals surface area contributed by atoms with Crippen LogP contribution in [0, 0.1) is 12.3 Å².